The first-order valence-corrected chi connectivity index (χ1v) is 9.45. The van der Waals surface area contributed by atoms with Gasteiger partial charge in [-0.05, 0) is 43.3 Å². The molecular weight excluding hydrogens is 332 g/mol. The second kappa shape index (κ2) is 8.30. The van der Waals surface area contributed by atoms with Crippen molar-refractivity contribution in [3.05, 3.63) is 54.6 Å². The molecule has 0 bridgehead atoms. The van der Waals surface area contributed by atoms with Gasteiger partial charge in [0.25, 0.3) is 0 Å². The minimum absolute atomic E-state index is 0.0864. The van der Waals surface area contributed by atoms with Crippen LogP contribution in [0.4, 0.5) is 5.69 Å². The van der Waals surface area contributed by atoms with Crippen LogP contribution in [0.3, 0.4) is 0 Å². The highest BCUT2D eigenvalue weighted by Gasteiger charge is 2.25. The van der Waals surface area contributed by atoms with E-state index in [-0.39, 0.29) is 11.2 Å². The van der Waals surface area contributed by atoms with E-state index in [1.165, 1.54) is 5.69 Å². The van der Waals surface area contributed by atoms with Crippen LogP contribution >= 0.6 is 11.8 Å². The Morgan fingerprint density at radius 2 is 1.64 bits per heavy atom. The molecule has 0 aliphatic carbocycles. The number of benzene rings is 2. The molecule has 1 amide bonds. The summed E-state index contributed by atoms with van der Waals surface area (Å²) in [5, 5.41) is -0.0864. The molecule has 0 spiro atoms. The van der Waals surface area contributed by atoms with E-state index >= 15 is 0 Å². The maximum Gasteiger partial charge on any atom is 0.235 e. The van der Waals surface area contributed by atoms with Gasteiger partial charge < -0.3 is 14.5 Å². The summed E-state index contributed by atoms with van der Waals surface area (Å²) < 4.78 is 5.17. The topological polar surface area (TPSA) is 32.8 Å². The highest BCUT2D eigenvalue weighted by molar-refractivity contribution is 8.00. The molecule has 2 aromatic carbocycles. The molecule has 0 radical (unpaired) electrons. The van der Waals surface area contributed by atoms with Crippen molar-refractivity contribution in [2.45, 2.75) is 17.1 Å². The van der Waals surface area contributed by atoms with Gasteiger partial charge in [0.2, 0.25) is 5.91 Å². The molecule has 1 aliphatic heterocycles. The largest absolute Gasteiger partial charge is 0.497 e. The maximum atomic E-state index is 12.7. The van der Waals surface area contributed by atoms with Crippen molar-refractivity contribution < 1.29 is 9.53 Å². The number of anilines is 1. The van der Waals surface area contributed by atoms with Crippen LogP contribution in [0.25, 0.3) is 0 Å². The van der Waals surface area contributed by atoms with E-state index in [1.807, 2.05) is 42.2 Å². The number of piperazine rings is 1. The normalized spacial score (nSPS) is 15.8. The van der Waals surface area contributed by atoms with Crippen LogP contribution in [0.2, 0.25) is 0 Å². The fourth-order valence-electron chi connectivity index (χ4n) is 2.99. The standard InChI is InChI=1S/C20H24N2O2S/c1-16(25-19-10-8-18(24-2)9-11-19)20(23)22-14-12-21(13-15-22)17-6-4-3-5-7-17/h3-11,16H,12-15H2,1-2H3. The molecule has 4 nitrogen and oxygen atoms in total. The maximum absolute atomic E-state index is 12.7. The van der Waals surface area contributed by atoms with E-state index in [0.29, 0.717) is 0 Å². The number of rotatable bonds is 5. The molecule has 132 valence electrons. The monoisotopic (exact) mass is 356 g/mol. The van der Waals surface area contributed by atoms with Crippen LogP contribution in [-0.2, 0) is 4.79 Å². The molecule has 1 unspecified atom stereocenters. The number of ether oxygens (including phenoxy) is 1. The summed E-state index contributed by atoms with van der Waals surface area (Å²) in [6.07, 6.45) is 0. The molecule has 0 aromatic heterocycles. The predicted octanol–water partition coefficient (Wildman–Crippen LogP) is 3.52. The van der Waals surface area contributed by atoms with Gasteiger partial charge in [-0.2, -0.15) is 0 Å². The summed E-state index contributed by atoms with van der Waals surface area (Å²) in [5.41, 5.74) is 1.23. The first-order chi connectivity index (χ1) is 12.2. The molecule has 1 heterocycles. The summed E-state index contributed by atoms with van der Waals surface area (Å²) in [6, 6.07) is 18.2. The molecular formula is C20H24N2O2S. The number of carbonyl (C=O) groups excluding carboxylic acids is 1. The molecule has 1 fully saturated rings. The predicted molar refractivity (Wildman–Crippen MR) is 104 cm³/mol. The van der Waals surface area contributed by atoms with Crippen LogP contribution in [0.1, 0.15) is 6.92 Å². The third kappa shape index (κ3) is 4.48. The lowest BCUT2D eigenvalue weighted by Gasteiger charge is -2.37. The van der Waals surface area contributed by atoms with Crippen molar-refractivity contribution in [3.8, 4) is 5.75 Å². The number of methoxy groups -OCH3 is 1. The van der Waals surface area contributed by atoms with Crippen molar-refractivity contribution in [1.82, 2.24) is 4.90 Å². The first-order valence-electron chi connectivity index (χ1n) is 8.57. The fraction of sp³-hybridized carbons (Fsp3) is 0.350. The Hall–Kier alpha value is -2.14. The van der Waals surface area contributed by atoms with Crippen LogP contribution in [0, 0.1) is 0 Å². The Morgan fingerprint density at radius 3 is 2.24 bits per heavy atom. The second-order valence-corrected chi connectivity index (χ2v) is 7.50. The minimum Gasteiger partial charge on any atom is -0.497 e. The Balaban J connectivity index is 1.52. The molecule has 1 saturated heterocycles. The van der Waals surface area contributed by atoms with Gasteiger partial charge in [-0.25, -0.2) is 0 Å². The van der Waals surface area contributed by atoms with Gasteiger partial charge in [0.15, 0.2) is 0 Å². The second-order valence-electron chi connectivity index (χ2n) is 6.08. The number of hydrogen-bond donors (Lipinski definition) is 0. The molecule has 1 atom stereocenters. The smallest absolute Gasteiger partial charge is 0.235 e. The zero-order valence-electron chi connectivity index (χ0n) is 14.7. The molecule has 0 N–H and O–H groups in total. The quantitative estimate of drug-likeness (QED) is 0.768. The Bertz CT molecular complexity index is 683. The van der Waals surface area contributed by atoms with Crippen molar-refractivity contribution >= 4 is 23.4 Å². The minimum atomic E-state index is -0.0864. The van der Waals surface area contributed by atoms with Gasteiger partial charge in [0.05, 0.1) is 12.4 Å². The zero-order chi connectivity index (χ0) is 17.6. The number of hydrogen-bond acceptors (Lipinski definition) is 4. The summed E-state index contributed by atoms with van der Waals surface area (Å²) in [6.45, 7) is 5.31. The molecule has 25 heavy (non-hydrogen) atoms. The number of para-hydroxylation sites is 1. The van der Waals surface area contributed by atoms with Crippen LogP contribution in [-0.4, -0.2) is 49.3 Å². The summed E-state index contributed by atoms with van der Waals surface area (Å²) >= 11 is 1.60. The van der Waals surface area contributed by atoms with Gasteiger partial charge in [-0.15, -0.1) is 11.8 Å². The van der Waals surface area contributed by atoms with Crippen LogP contribution < -0.4 is 9.64 Å². The number of nitrogens with zero attached hydrogens (tertiary/aromatic N) is 2. The first kappa shape index (κ1) is 17.7. The van der Waals surface area contributed by atoms with Crippen molar-refractivity contribution in [2.75, 3.05) is 38.2 Å². The van der Waals surface area contributed by atoms with E-state index < -0.39 is 0 Å². The third-order valence-electron chi connectivity index (χ3n) is 4.43. The number of amides is 1. The van der Waals surface area contributed by atoms with Gasteiger partial charge >= 0.3 is 0 Å². The lowest BCUT2D eigenvalue weighted by atomic mass is 10.2. The Kier molecular flexibility index (Phi) is 5.87. The Morgan fingerprint density at radius 1 is 1.00 bits per heavy atom. The van der Waals surface area contributed by atoms with Crippen molar-refractivity contribution in [1.29, 1.82) is 0 Å². The van der Waals surface area contributed by atoms with Crippen LogP contribution in [0.5, 0.6) is 5.75 Å². The molecule has 2 aromatic rings. The highest BCUT2D eigenvalue weighted by atomic mass is 32.2. The molecule has 3 rings (SSSR count). The lowest BCUT2D eigenvalue weighted by molar-refractivity contribution is -0.130. The zero-order valence-corrected chi connectivity index (χ0v) is 15.5. The van der Waals surface area contributed by atoms with Crippen LogP contribution in [0.15, 0.2) is 59.5 Å². The molecule has 0 saturated carbocycles. The Labute approximate surface area is 153 Å². The van der Waals surface area contributed by atoms with Crippen molar-refractivity contribution in [2.24, 2.45) is 0 Å². The summed E-state index contributed by atoms with van der Waals surface area (Å²) in [5.74, 6) is 1.05. The lowest BCUT2D eigenvalue weighted by Crippen LogP contribution is -2.50. The average molecular weight is 356 g/mol. The van der Waals surface area contributed by atoms with E-state index in [0.717, 1.165) is 36.8 Å². The van der Waals surface area contributed by atoms with E-state index in [1.54, 1.807) is 18.9 Å². The van der Waals surface area contributed by atoms with E-state index in [2.05, 4.69) is 29.2 Å². The number of carbonyl (C=O) groups is 1. The molecule has 5 heteroatoms. The van der Waals surface area contributed by atoms with Gasteiger partial charge in [0.1, 0.15) is 5.75 Å². The van der Waals surface area contributed by atoms with Gasteiger partial charge in [0, 0.05) is 36.8 Å². The summed E-state index contributed by atoms with van der Waals surface area (Å²) in [4.78, 5) is 18.1. The van der Waals surface area contributed by atoms with E-state index in [4.69, 9.17) is 4.74 Å². The van der Waals surface area contributed by atoms with Gasteiger partial charge in [-0.1, -0.05) is 18.2 Å². The fourth-order valence-corrected chi connectivity index (χ4v) is 3.94. The average Bonchev–Trinajstić information content (AvgIpc) is 2.69. The van der Waals surface area contributed by atoms with Crippen molar-refractivity contribution in [3.63, 3.8) is 0 Å². The highest BCUT2D eigenvalue weighted by Crippen LogP contribution is 2.27. The molecule has 1 aliphatic rings. The summed E-state index contributed by atoms with van der Waals surface area (Å²) in [7, 11) is 1.66. The SMILES string of the molecule is COc1ccc(SC(C)C(=O)N2CCN(c3ccccc3)CC2)cc1. The van der Waals surface area contributed by atoms with E-state index in [9.17, 15) is 4.79 Å². The third-order valence-corrected chi connectivity index (χ3v) is 5.53. The number of thioether (sulfide) groups is 1. The van der Waals surface area contributed by atoms with Gasteiger partial charge in [-0.3, -0.25) is 4.79 Å².